The van der Waals surface area contributed by atoms with Crippen molar-refractivity contribution in [2.45, 2.75) is 26.6 Å². The van der Waals surface area contributed by atoms with Crippen LogP contribution in [0.25, 0.3) is 11.3 Å². The number of rotatable bonds is 4. The first kappa shape index (κ1) is 19.7. The molecular weight excluding hydrogens is 397 g/mol. The fraction of sp³-hybridized carbons (Fsp3) is 0.190. The largest absolute Gasteiger partial charge is 0.573 e. The van der Waals surface area contributed by atoms with Crippen LogP contribution in [0.15, 0.2) is 42.5 Å². The highest BCUT2D eigenvalue weighted by Gasteiger charge is 2.31. The molecule has 0 unspecified atom stereocenters. The first-order valence-electron chi connectivity index (χ1n) is 9.09. The fourth-order valence-corrected chi connectivity index (χ4v) is 3.22. The number of carbonyl (C=O) groups is 1. The fourth-order valence-electron chi connectivity index (χ4n) is 3.22. The van der Waals surface area contributed by atoms with E-state index < -0.39 is 6.36 Å². The van der Waals surface area contributed by atoms with Gasteiger partial charge in [-0.05, 0) is 67.4 Å². The van der Waals surface area contributed by atoms with Gasteiger partial charge in [0.05, 0.1) is 12.1 Å². The van der Waals surface area contributed by atoms with E-state index in [9.17, 15) is 18.0 Å². The number of hydrogen-bond acceptors (Lipinski definition) is 5. The normalized spacial score (nSPS) is 13.0. The second-order valence-corrected chi connectivity index (χ2v) is 6.90. The Balaban J connectivity index is 1.62. The summed E-state index contributed by atoms with van der Waals surface area (Å²) in [6, 6.07) is 11.0. The summed E-state index contributed by atoms with van der Waals surface area (Å²) in [7, 11) is 0. The van der Waals surface area contributed by atoms with Gasteiger partial charge in [-0.25, -0.2) is 9.97 Å². The zero-order chi connectivity index (χ0) is 21.5. The first-order valence-corrected chi connectivity index (χ1v) is 9.09. The van der Waals surface area contributed by atoms with Gasteiger partial charge in [-0.1, -0.05) is 0 Å². The maximum absolute atomic E-state index is 12.4. The van der Waals surface area contributed by atoms with Crippen molar-refractivity contribution in [1.82, 2.24) is 9.97 Å². The standard InChI is InChI=1S/C21H17F3N4O2/c1-11-12(2)25-20(26-15-5-8-17-14(9-15)10-18(29)27-17)28-19(11)13-3-6-16(7-4-13)30-21(22,23)24/h3-9H,10H2,1-2H3,(H,27,29)(H,25,26,28). The lowest BCUT2D eigenvalue weighted by Gasteiger charge is -2.13. The maximum atomic E-state index is 12.4. The van der Waals surface area contributed by atoms with Crippen LogP contribution in [-0.4, -0.2) is 22.2 Å². The van der Waals surface area contributed by atoms with Crippen molar-refractivity contribution in [1.29, 1.82) is 0 Å². The van der Waals surface area contributed by atoms with Crippen molar-refractivity contribution >= 4 is 23.2 Å². The molecule has 2 N–H and O–H groups in total. The van der Waals surface area contributed by atoms with Crippen LogP contribution in [0.1, 0.15) is 16.8 Å². The van der Waals surface area contributed by atoms with Gasteiger partial charge in [-0.2, -0.15) is 0 Å². The van der Waals surface area contributed by atoms with Gasteiger partial charge in [0.2, 0.25) is 11.9 Å². The second-order valence-electron chi connectivity index (χ2n) is 6.90. The topological polar surface area (TPSA) is 76.1 Å². The third kappa shape index (κ3) is 4.19. The predicted octanol–water partition coefficient (Wildman–Crippen LogP) is 4.90. The zero-order valence-electron chi connectivity index (χ0n) is 16.1. The number of aromatic nitrogens is 2. The molecule has 154 valence electrons. The summed E-state index contributed by atoms with van der Waals surface area (Å²) in [4.78, 5) is 20.5. The van der Waals surface area contributed by atoms with E-state index >= 15 is 0 Å². The van der Waals surface area contributed by atoms with E-state index in [1.807, 2.05) is 32.0 Å². The number of benzene rings is 2. The van der Waals surface area contributed by atoms with Gasteiger partial charge < -0.3 is 15.4 Å². The number of fused-ring (bicyclic) bond motifs is 1. The van der Waals surface area contributed by atoms with E-state index in [2.05, 4.69) is 25.3 Å². The first-order chi connectivity index (χ1) is 14.2. The van der Waals surface area contributed by atoms with Crippen molar-refractivity contribution in [3.8, 4) is 17.0 Å². The number of nitrogens with one attached hydrogen (secondary N) is 2. The molecular formula is C21H17F3N4O2. The summed E-state index contributed by atoms with van der Waals surface area (Å²) in [5.41, 5.74) is 5.18. The monoisotopic (exact) mass is 414 g/mol. The van der Waals surface area contributed by atoms with Crippen LogP contribution in [0, 0.1) is 13.8 Å². The summed E-state index contributed by atoms with van der Waals surface area (Å²) < 4.78 is 41.0. The lowest BCUT2D eigenvalue weighted by molar-refractivity contribution is -0.274. The van der Waals surface area contributed by atoms with Crippen LogP contribution >= 0.6 is 0 Å². The second kappa shape index (κ2) is 7.33. The summed E-state index contributed by atoms with van der Waals surface area (Å²) >= 11 is 0. The van der Waals surface area contributed by atoms with Crippen LogP contribution in [0.4, 0.5) is 30.5 Å². The van der Waals surface area contributed by atoms with Crippen LogP contribution in [0.3, 0.4) is 0 Å². The molecule has 3 aromatic rings. The van der Waals surface area contributed by atoms with E-state index in [0.29, 0.717) is 23.6 Å². The maximum Gasteiger partial charge on any atom is 0.573 e. The van der Waals surface area contributed by atoms with E-state index in [1.165, 1.54) is 24.3 Å². The third-order valence-electron chi connectivity index (χ3n) is 4.74. The third-order valence-corrected chi connectivity index (χ3v) is 4.74. The molecule has 4 rings (SSSR count). The Morgan fingerprint density at radius 3 is 2.50 bits per heavy atom. The summed E-state index contributed by atoms with van der Waals surface area (Å²) in [6.45, 7) is 3.68. The molecule has 9 heteroatoms. The molecule has 1 aliphatic heterocycles. The molecule has 0 saturated carbocycles. The van der Waals surface area contributed by atoms with E-state index in [0.717, 1.165) is 28.2 Å². The number of ether oxygens (including phenoxy) is 1. The number of carbonyl (C=O) groups excluding carboxylic acids is 1. The molecule has 0 spiro atoms. The average molecular weight is 414 g/mol. The summed E-state index contributed by atoms with van der Waals surface area (Å²) in [6.07, 6.45) is -4.42. The highest BCUT2D eigenvalue weighted by Crippen LogP contribution is 2.30. The molecule has 1 aromatic heterocycles. The van der Waals surface area contributed by atoms with Crippen molar-refractivity contribution in [3.05, 3.63) is 59.3 Å². The summed E-state index contributed by atoms with van der Waals surface area (Å²) in [5.74, 6) is 0.0000870. The predicted molar refractivity (Wildman–Crippen MR) is 106 cm³/mol. The van der Waals surface area contributed by atoms with Gasteiger partial charge in [0.1, 0.15) is 5.75 Å². The molecule has 0 aliphatic carbocycles. The van der Waals surface area contributed by atoms with E-state index in [1.54, 1.807) is 0 Å². The molecule has 6 nitrogen and oxygen atoms in total. The Morgan fingerprint density at radius 1 is 1.07 bits per heavy atom. The van der Waals surface area contributed by atoms with Gasteiger partial charge >= 0.3 is 6.36 Å². The Labute approximate surface area is 170 Å². The summed E-state index contributed by atoms with van der Waals surface area (Å²) in [5, 5.41) is 5.91. The molecule has 30 heavy (non-hydrogen) atoms. The number of anilines is 3. The molecule has 0 fully saturated rings. The average Bonchev–Trinajstić information content (AvgIpc) is 3.03. The van der Waals surface area contributed by atoms with Gasteiger partial charge in [0.15, 0.2) is 0 Å². The minimum absolute atomic E-state index is 0.0511. The van der Waals surface area contributed by atoms with Crippen molar-refractivity contribution in [2.24, 2.45) is 0 Å². The van der Waals surface area contributed by atoms with Crippen molar-refractivity contribution in [2.75, 3.05) is 10.6 Å². The number of nitrogens with zero attached hydrogens (tertiary/aromatic N) is 2. The molecule has 2 aromatic carbocycles. The van der Waals surface area contributed by atoms with Crippen LogP contribution in [-0.2, 0) is 11.2 Å². The van der Waals surface area contributed by atoms with E-state index in [4.69, 9.17) is 0 Å². The number of hydrogen-bond donors (Lipinski definition) is 2. The lowest BCUT2D eigenvalue weighted by atomic mass is 10.1. The minimum Gasteiger partial charge on any atom is -0.406 e. The Kier molecular flexibility index (Phi) is 4.81. The number of halogens is 3. The van der Waals surface area contributed by atoms with Crippen molar-refractivity contribution < 1.29 is 22.7 Å². The molecule has 0 saturated heterocycles. The Hall–Kier alpha value is -3.62. The minimum atomic E-state index is -4.74. The van der Waals surface area contributed by atoms with Crippen molar-refractivity contribution in [3.63, 3.8) is 0 Å². The van der Waals surface area contributed by atoms with E-state index in [-0.39, 0.29) is 11.7 Å². The van der Waals surface area contributed by atoms with Crippen LogP contribution < -0.4 is 15.4 Å². The molecule has 0 radical (unpaired) electrons. The Bertz CT molecular complexity index is 1130. The molecule has 1 amide bonds. The molecule has 0 atom stereocenters. The van der Waals surface area contributed by atoms with Gasteiger partial charge in [0.25, 0.3) is 0 Å². The lowest BCUT2D eigenvalue weighted by Crippen LogP contribution is -2.16. The smallest absolute Gasteiger partial charge is 0.406 e. The molecule has 1 aliphatic rings. The highest BCUT2D eigenvalue weighted by molar-refractivity contribution is 5.99. The highest BCUT2D eigenvalue weighted by atomic mass is 19.4. The quantitative estimate of drug-likeness (QED) is 0.635. The number of aryl methyl sites for hydroxylation is 1. The van der Waals surface area contributed by atoms with Gasteiger partial charge in [0, 0.05) is 22.6 Å². The van der Waals surface area contributed by atoms with Crippen LogP contribution in [0.2, 0.25) is 0 Å². The van der Waals surface area contributed by atoms with Gasteiger partial charge in [-0.3, -0.25) is 4.79 Å². The molecule has 2 heterocycles. The molecule has 0 bridgehead atoms. The van der Waals surface area contributed by atoms with Crippen LogP contribution in [0.5, 0.6) is 5.75 Å². The number of alkyl halides is 3. The SMILES string of the molecule is Cc1nc(Nc2ccc3c(c2)CC(=O)N3)nc(-c2ccc(OC(F)(F)F)cc2)c1C. The zero-order valence-corrected chi connectivity index (χ0v) is 16.1. The van der Waals surface area contributed by atoms with Gasteiger partial charge in [-0.15, -0.1) is 13.2 Å². The number of amides is 1. The Morgan fingerprint density at radius 2 is 1.80 bits per heavy atom.